The van der Waals surface area contributed by atoms with Gasteiger partial charge in [-0.2, -0.15) is 0 Å². The van der Waals surface area contributed by atoms with Crippen LogP contribution in [0.15, 0.2) is 0 Å². The molecule has 0 fully saturated rings. The largest absolute Gasteiger partial charge is 0.356 e. The van der Waals surface area contributed by atoms with Crippen molar-refractivity contribution in [1.29, 1.82) is 0 Å². The standard InChI is InChI=1S/C9H18N4O3/c1-2-4-12-7(14)3-5-11-6-8(15)13-9(10)16/h11H,2-6H2,1H3,(H,12,14)(H3,10,13,15,16). The number of nitrogens with two attached hydrogens (primary N) is 1. The van der Waals surface area contributed by atoms with Crippen molar-refractivity contribution in [2.75, 3.05) is 19.6 Å². The molecule has 0 saturated carbocycles. The molecule has 0 aromatic rings. The van der Waals surface area contributed by atoms with Crippen molar-refractivity contribution in [3.05, 3.63) is 0 Å². The average molecular weight is 230 g/mol. The highest BCUT2D eigenvalue weighted by Crippen LogP contribution is 1.78. The summed E-state index contributed by atoms with van der Waals surface area (Å²) in [7, 11) is 0. The monoisotopic (exact) mass is 230 g/mol. The van der Waals surface area contributed by atoms with Gasteiger partial charge in [0.15, 0.2) is 0 Å². The van der Waals surface area contributed by atoms with Crippen LogP contribution in [0.1, 0.15) is 19.8 Å². The Labute approximate surface area is 94.1 Å². The second-order valence-corrected chi connectivity index (χ2v) is 3.19. The van der Waals surface area contributed by atoms with Gasteiger partial charge in [-0.15, -0.1) is 0 Å². The Bertz CT molecular complexity index is 255. The smallest absolute Gasteiger partial charge is 0.318 e. The molecule has 0 aliphatic heterocycles. The first-order chi connectivity index (χ1) is 7.56. The van der Waals surface area contributed by atoms with Gasteiger partial charge in [0.25, 0.3) is 0 Å². The Balaban J connectivity index is 3.42. The summed E-state index contributed by atoms with van der Waals surface area (Å²) in [6, 6.07) is -0.882. The molecular formula is C9H18N4O3. The Morgan fingerprint density at radius 3 is 2.38 bits per heavy atom. The van der Waals surface area contributed by atoms with E-state index in [4.69, 9.17) is 5.73 Å². The minimum absolute atomic E-state index is 0.0377. The molecule has 5 N–H and O–H groups in total. The lowest BCUT2D eigenvalue weighted by atomic mass is 10.3. The number of imide groups is 1. The number of primary amides is 1. The van der Waals surface area contributed by atoms with Crippen LogP contribution in [-0.4, -0.2) is 37.5 Å². The van der Waals surface area contributed by atoms with Crippen molar-refractivity contribution in [2.24, 2.45) is 5.73 Å². The number of urea groups is 1. The maximum absolute atomic E-state index is 11.1. The van der Waals surface area contributed by atoms with Crippen molar-refractivity contribution < 1.29 is 14.4 Å². The Kier molecular flexibility index (Phi) is 7.78. The summed E-state index contributed by atoms with van der Waals surface area (Å²) in [5.41, 5.74) is 4.74. The molecule has 0 spiro atoms. The predicted molar refractivity (Wildman–Crippen MR) is 58.5 cm³/mol. The van der Waals surface area contributed by atoms with Crippen LogP contribution in [0.3, 0.4) is 0 Å². The third kappa shape index (κ3) is 8.95. The van der Waals surface area contributed by atoms with Crippen LogP contribution in [0.2, 0.25) is 0 Å². The van der Waals surface area contributed by atoms with Crippen LogP contribution in [0, 0.1) is 0 Å². The van der Waals surface area contributed by atoms with Gasteiger partial charge in [0.05, 0.1) is 6.54 Å². The van der Waals surface area contributed by atoms with Crippen LogP contribution in [0.4, 0.5) is 4.79 Å². The fraction of sp³-hybridized carbons (Fsp3) is 0.667. The molecule has 4 amide bonds. The highest BCUT2D eigenvalue weighted by atomic mass is 16.2. The summed E-state index contributed by atoms with van der Waals surface area (Å²) in [6.07, 6.45) is 1.18. The van der Waals surface area contributed by atoms with E-state index in [0.717, 1.165) is 6.42 Å². The van der Waals surface area contributed by atoms with Gasteiger partial charge in [-0.3, -0.25) is 14.9 Å². The maximum atomic E-state index is 11.1. The third-order valence-corrected chi connectivity index (χ3v) is 1.65. The van der Waals surface area contributed by atoms with E-state index in [1.54, 1.807) is 0 Å². The van der Waals surface area contributed by atoms with Crippen molar-refractivity contribution in [1.82, 2.24) is 16.0 Å². The highest BCUT2D eigenvalue weighted by Gasteiger charge is 2.04. The molecule has 0 aromatic heterocycles. The van der Waals surface area contributed by atoms with Crippen LogP contribution in [0.5, 0.6) is 0 Å². The van der Waals surface area contributed by atoms with Crippen molar-refractivity contribution in [3.63, 3.8) is 0 Å². The summed E-state index contributed by atoms with van der Waals surface area (Å²) < 4.78 is 0. The Hall–Kier alpha value is -1.63. The summed E-state index contributed by atoms with van der Waals surface area (Å²) in [5, 5.41) is 7.32. The summed E-state index contributed by atoms with van der Waals surface area (Å²) in [4.78, 5) is 32.3. The summed E-state index contributed by atoms with van der Waals surface area (Å²) in [6.45, 7) is 2.96. The van der Waals surface area contributed by atoms with Gasteiger partial charge in [-0.25, -0.2) is 4.79 Å². The van der Waals surface area contributed by atoms with Crippen LogP contribution in [-0.2, 0) is 9.59 Å². The molecule has 0 radical (unpaired) electrons. The molecule has 0 aromatic carbocycles. The molecule has 92 valence electrons. The van der Waals surface area contributed by atoms with E-state index in [0.29, 0.717) is 19.5 Å². The zero-order valence-electron chi connectivity index (χ0n) is 9.34. The third-order valence-electron chi connectivity index (χ3n) is 1.65. The van der Waals surface area contributed by atoms with E-state index in [1.165, 1.54) is 0 Å². The normalized spacial score (nSPS) is 9.56. The lowest BCUT2D eigenvalue weighted by Gasteiger charge is -2.05. The molecule has 16 heavy (non-hydrogen) atoms. The molecule has 0 bridgehead atoms. The summed E-state index contributed by atoms with van der Waals surface area (Å²) >= 11 is 0. The van der Waals surface area contributed by atoms with Crippen molar-refractivity contribution >= 4 is 17.8 Å². The number of rotatable bonds is 7. The molecular weight excluding hydrogens is 212 g/mol. The topological polar surface area (TPSA) is 113 Å². The van der Waals surface area contributed by atoms with Gasteiger partial charge in [-0.1, -0.05) is 6.92 Å². The average Bonchev–Trinajstić information content (AvgIpc) is 2.20. The van der Waals surface area contributed by atoms with E-state index < -0.39 is 11.9 Å². The number of hydrogen-bond donors (Lipinski definition) is 4. The van der Waals surface area contributed by atoms with Crippen LogP contribution in [0.25, 0.3) is 0 Å². The number of carbonyl (C=O) groups excluding carboxylic acids is 3. The van der Waals surface area contributed by atoms with Gasteiger partial charge >= 0.3 is 6.03 Å². The molecule has 0 atom stereocenters. The Morgan fingerprint density at radius 2 is 1.81 bits per heavy atom. The maximum Gasteiger partial charge on any atom is 0.318 e. The van der Waals surface area contributed by atoms with Gasteiger partial charge < -0.3 is 16.4 Å². The van der Waals surface area contributed by atoms with E-state index in [-0.39, 0.29) is 12.5 Å². The van der Waals surface area contributed by atoms with Crippen LogP contribution >= 0.6 is 0 Å². The predicted octanol–water partition coefficient (Wildman–Crippen LogP) is -1.31. The number of amides is 4. The lowest BCUT2D eigenvalue weighted by Crippen LogP contribution is -2.41. The molecule has 0 saturated heterocycles. The van der Waals surface area contributed by atoms with Crippen LogP contribution < -0.4 is 21.7 Å². The first-order valence-corrected chi connectivity index (χ1v) is 5.13. The van der Waals surface area contributed by atoms with Gasteiger partial charge in [0, 0.05) is 19.5 Å². The van der Waals surface area contributed by atoms with Crippen molar-refractivity contribution in [2.45, 2.75) is 19.8 Å². The zero-order chi connectivity index (χ0) is 12.4. The first-order valence-electron chi connectivity index (χ1n) is 5.13. The highest BCUT2D eigenvalue weighted by molar-refractivity contribution is 5.94. The quantitative estimate of drug-likeness (QED) is 0.406. The minimum Gasteiger partial charge on any atom is -0.356 e. The van der Waals surface area contributed by atoms with E-state index >= 15 is 0 Å². The van der Waals surface area contributed by atoms with Gasteiger partial charge in [-0.05, 0) is 6.42 Å². The first kappa shape index (κ1) is 14.4. The van der Waals surface area contributed by atoms with E-state index in [2.05, 4.69) is 10.6 Å². The number of nitrogens with one attached hydrogen (secondary N) is 3. The van der Waals surface area contributed by atoms with Gasteiger partial charge in [0.2, 0.25) is 11.8 Å². The fourth-order valence-electron chi connectivity index (χ4n) is 0.938. The fourth-order valence-corrected chi connectivity index (χ4v) is 0.938. The number of carbonyl (C=O) groups is 3. The molecule has 0 aliphatic rings. The van der Waals surface area contributed by atoms with Crippen molar-refractivity contribution in [3.8, 4) is 0 Å². The minimum atomic E-state index is -0.882. The zero-order valence-corrected chi connectivity index (χ0v) is 9.34. The van der Waals surface area contributed by atoms with E-state index in [1.807, 2.05) is 12.2 Å². The second-order valence-electron chi connectivity index (χ2n) is 3.19. The van der Waals surface area contributed by atoms with Gasteiger partial charge in [0.1, 0.15) is 0 Å². The lowest BCUT2D eigenvalue weighted by molar-refractivity contribution is -0.122. The van der Waals surface area contributed by atoms with E-state index in [9.17, 15) is 14.4 Å². The molecule has 0 aliphatic carbocycles. The molecule has 7 heteroatoms. The Morgan fingerprint density at radius 1 is 1.12 bits per heavy atom. The number of hydrogen-bond acceptors (Lipinski definition) is 4. The molecule has 7 nitrogen and oxygen atoms in total. The second kappa shape index (κ2) is 8.66. The summed E-state index contributed by atoms with van der Waals surface area (Å²) in [5.74, 6) is -0.578. The molecule has 0 unspecified atom stereocenters. The SMILES string of the molecule is CCCNC(=O)CCNCC(=O)NC(N)=O. The molecule has 0 rings (SSSR count). The molecule has 0 heterocycles.